The second-order valence-electron chi connectivity index (χ2n) is 3.49. The first-order valence-electron chi connectivity index (χ1n) is 5.18. The maximum atomic E-state index is 13.3. The third-order valence-corrected chi connectivity index (χ3v) is 4.86. The highest BCUT2D eigenvalue weighted by Gasteiger charge is 2.21. The van der Waals surface area contributed by atoms with Crippen molar-refractivity contribution in [3.8, 4) is 5.75 Å². The Bertz CT molecular complexity index is 465. The zero-order valence-electron chi connectivity index (χ0n) is 10.1. The first-order chi connectivity index (χ1) is 8.45. The van der Waals surface area contributed by atoms with Crippen LogP contribution in [0.4, 0.5) is 10.1 Å². The summed E-state index contributed by atoms with van der Waals surface area (Å²) in [6, 6.07) is 2.36. The molecule has 8 heteroatoms. The normalized spacial score (nSPS) is 14.1. The average Bonchev–Trinajstić information content (AvgIpc) is 2.37. The van der Waals surface area contributed by atoms with Crippen molar-refractivity contribution >= 4 is 24.7 Å². The van der Waals surface area contributed by atoms with E-state index in [1.54, 1.807) is 6.92 Å². The first-order valence-corrected chi connectivity index (χ1v) is 7.55. The van der Waals surface area contributed by atoms with Gasteiger partial charge in [-0.1, -0.05) is 18.5 Å². The summed E-state index contributed by atoms with van der Waals surface area (Å²) in [7, 11) is -1.47. The van der Waals surface area contributed by atoms with E-state index in [1.165, 1.54) is 13.2 Å². The lowest BCUT2D eigenvalue weighted by atomic mass is 10.3. The molecule has 1 aromatic carbocycles. The molecule has 0 aromatic heterocycles. The van der Waals surface area contributed by atoms with Crippen LogP contribution in [0.1, 0.15) is 6.92 Å². The lowest BCUT2D eigenvalue weighted by Gasteiger charge is -2.16. The highest BCUT2D eigenvalue weighted by Crippen LogP contribution is 2.46. The standard InChI is InChI=1S/C10H15ClFN2O3P/c1-3-18(15,16-2)6-17-10-5-9(14-13)8(12)4-7(10)11/h4-5,14H,3,6,13H2,1-2H3. The molecule has 0 saturated heterocycles. The van der Waals surface area contributed by atoms with Gasteiger partial charge in [-0.05, 0) is 6.07 Å². The first kappa shape index (κ1) is 15.2. The largest absolute Gasteiger partial charge is 0.482 e. The third kappa shape index (κ3) is 3.59. The maximum Gasteiger partial charge on any atom is 0.238 e. The molecule has 102 valence electrons. The van der Waals surface area contributed by atoms with Crippen molar-refractivity contribution in [2.24, 2.45) is 5.84 Å². The molecular formula is C10H15ClFN2O3P. The van der Waals surface area contributed by atoms with E-state index in [0.717, 1.165) is 6.07 Å². The van der Waals surface area contributed by atoms with E-state index in [0.29, 0.717) is 6.16 Å². The molecule has 1 unspecified atom stereocenters. The van der Waals surface area contributed by atoms with Gasteiger partial charge in [0, 0.05) is 19.3 Å². The average molecular weight is 297 g/mol. The van der Waals surface area contributed by atoms with Gasteiger partial charge in [0.05, 0.1) is 10.7 Å². The molecule has 0 aliphatic rings. The van der Waals surface area contributed by atoms with Crippen molar-refractivity contribution < 1.29 is 18.2 Å². The van der Waals surface area contributed by atoms with E-state index < -0.39 is 13.2 Å². The number of nitrogen functional groups attached to an aromatic ring is 1. The molecule has 0 amide bonds. The van der Waals surface area contributed by atoms with Crippen LogP contribution < -0.4 is 16.0 Å². The van der Waals surface area contributed by atoms with Gasteiger partial charge in [-0.3, -0.25) is 10.4 Å². The number of hydrogen-bond acceptors (Lipinski definition) is 5. The molecule has 0 aliphatic heterocycles. The predicted molar refractivity (Wildman–Crippen MR) is 69.9 cm³/mol. The molecule has 3 N–H and O–H groups in total. The van der Waals surface area contributed by atoms with Crippen molar-refractivity contribution in [1.82, 2.24) is 0 Å². The molecule has 18 heavy (non-hydrogen) atoms. The summed E-state index contributed by atoms with van der Waals surface area (Å²) >= 11 is 5.81. The number of nitrogens with one attached hydrogen (secondary N) is 1. The molecule has 0 fully saturated rings. The summed E-state index contributed by atoms with van der Waals surface area (Å²) in [5.41, 5.74) is 2.21. The molecule has 0 radical (unpaired) electrons. The molecule has 0 bridgehead atoms. The Balaban J connectivity index is 2.88. The lowest BCUT2D eigenvalue weighted by Crippen LogP contribution is -2.09. The molecule has 1 rings (SSSR count). The Kier molecular flexibility index (Phi) is 5.41. The van der Waals surface area contributed by atoms with Gasteiger partial charge in [0.15, 0.2) is 6.35 Å². The van der Waals surface area contributed by atoms with Gasteiger partial charge in [-0.25, -0.2) is 4.39 Å². The Hall–Kier alpha value is -0.810. The zero-order valence-corrected chi connectivity index (χ0v) is 11.7. The van der Waals surface area contributed by atoms with Crippen LogP contribution in [0.2, 0.25) is 5.02 Å². The number of hydrazine groups is 1. The van der Waals surface area contributed by atoms with Gasteiger partial charge in [-0.2, -0.15) is 0 Å². The number of anilines is 1. The predicted octanol–water partition coefficient (Wildman–Crippen LogP) is 3.05. The fraction of sp³-hybridized carbons (Fsp3) is 0.400. The number of benzene rings is 1. The van der Waals surface area contributed by atoms with Crippen molar-refractivity contribution in [3.63, 3.8) is 0 Å². The van der Waals surface area contributed by atoms with Crippen LogP contribution in [-0.2, 0) is 9.09 Å². The Morgan fingerprint density at radius 1 is 1.56 bits per heavy atom. The van der Waals surface area contributed by atoms with E-state index in [2.05, 4.69) is 5.43 Å². The molecular weight excluding hydrogens is 282 g/mol. The quantitative estimate of drug-likeness (QED) is 0.479. The maximum absolute atomic E-state index is 13.3. The van der Waals surface area contributed by atoms with Crippen LogP contribution in [0.15, 0.2) is 12.1 Å². The fourth-order valence-electron chi connectivity index (χ4n) is 1.19. The monoisotopic (exact) mass is 296 g/mol. The highest BCUT2D eigenvalue weighted by molar-refractivity contribution is 7.58. The van der Waals surface area contributed by atoms with Gasteiger partial charge < -0.3 is 14.7 Å². The van der Waals surface area contributed by atoms with Gasteiger partial charge in [-0.15, -0.1) is 0 Å². The van der Waals surface area contributed by atoms with E-state index in [9.17, 15) is 8.96 Å². The van der Waals surface area contributed by atoms with Crippen LogP contribution in [0, 0.1) is 5.82 Å². The summed E-state index contributed by atoms with van der Waals surface area (Å²) in [6.07, 6.45) is 0.208. The topological polar surface area (TPSA) is 73.6 Å². The second kappa shape index (κ2) is 6.38. The summed E-state index contributed by atoms with van der Waals surface area (Å²) in [5.74, 6) is 4.73. The van der Waals surface area contributed by atoms with Crippen LogP contribution in [0.5, 0.6) is 5.75 Å². The van der Waals surface area contributed by atoms with Crippen molar-refractivity contribution in [2.75, 3.05) is 25.0 Å². The Morgan fingerprint density at radius 3 is 2.72 bits per heavy atom. The summed E-state index contributed by atoms with van der Waals surface area (Å²) in [6.45, 7) is 1.73. The number of rotatable bonds is 6. The zero-order chi connectivity index (χ0) is 13.8. The lowest BCUT2D eigenvalue weighted by molar-refractivity contribution is 0.324. The third-order valence-electron chi connectivity index (χ3n) is 2.41. The van der Waals surface area contributed by atoms with Crippen molar-refractivity contribution in [1.29, 1.82) is 0 Å². The Labute approximate surface area is 110 Å². The molecule has 5 nitrogen and oxygen atoms in total. The van der Waals surface area contributed by atoms with E-state index in [-0.39, 0.29) is 22.8 Å². The number of ether oxygens (including phenoxy) is 1. The molecule has 1 atom stereocenters. The number of halogens is 2. The van der Waals surface area contributed by atoms with Crippen LogP contribution >= 0.6 is 19.0 Å². The minimum Gasteiger partial charge on any atom is -0.482 e. The van der Waals surface area contributed by atoms with Crippen LogP contribution in [0.25, 0.3) is 0 Å². The SMILES string of the molecule is CCP(=O)(COc1cc(NN)c(F)cc1Cl)OC. The number of hydrogen-bond donors (Lipinski definition) is 2. The molecule has 1 aromatic rings. The van der Waals surface area contributed by atoms with Gasteiger partial charge in [0.1, 0.15) is 11.6 Å². The van der Waals surface area contributed by atoms with Crippen molar-refractivity contribution in [3.05, 3.63) is 23.0 Å². The van der Waals surface area contributed by atoms with Crippen molar-refractivity contribution in [2.45, 2.75) is 6.92 Å². The molecule has 0 saturated carbocycles. The summed E-state index contributed by atoms with van der Waals surface area (Å²) < 4.78 is 35.4. The minimum atomic E-state index is -2.83. The summed E-state index contributed by atoms with van der Waals surface area (Å²) in [4.78, 5) is 0. The van der Waals surface area contributed by atoms with E-state index in [1.807, 2.05) is 0 Å². The molecule has 0 aliphatic carbocycles. The Morgan fingerprint density at radius 2 is 2.22 bits per heavy atom. The summed E-state index contributed by atoms with van der Waals surface area (Å²) in [5, 5.41) is 0.0743. The molecule has 0 spiro atoms. The van der Waals surface area contributed by atoms with Crippen LogP contribution in [0.3, 0.4) is 0 Å². The van der Waals surface area contributed by atoms with Gasteiger partial charge in [0.2, 0.25) is 7.37 Å². The minimum absolute atomic E-state index is 0.0400. The van der Waals surface area contributed by atoms with Gasteiger partial charge >= 0.3 is 0 Å². The van der Waals surface area contributed by atoms with E-state index >= 15 is 0 Å². The fourth-order valence-corrected chi connectivity index (χ4v) is 2.28. The molecule has 0 heterocycles. The van der Waals surface area contributed by atoms with Gasteiger partial charge in [0.25, 0.3) is 0 Å². The number of nitrogens with two attached hydrogens (primary N) is 1. The van der Waals surface area contributed by atoms with Crippen LogP contribution in [-0.4, -0.2) is 19.6 Å². The van der Waals surface area contributed by atoms with E-state index in [4.69, 9.17) is 26.7 Å². The second-order valence-corrected chi connectivity index (χ2v) is 6.79. The smallest absolute Gasteiger partial charge is 0.238 e. The highest BCUT2D eigenvalue weighted by atomic mass is 35.5.